The van der Waals surface area contributed by atoms with Crippen molar-refractivity contribution in [2.75, 3.05) is 53.0 Å². The number of aliphatic hydroxyl groups excluding tert-OH is 1. The van der Waals surface area contributed by atoms with Gasteiger partial charge in [-0.3, -0.25) is 9.69 Å². The topological polar surface area (TPSA) is 74.7 Å². The zero-order valence-electron chi connectivity index (χ0n) is 21.7. The van der Waals surface area contributed by atoms with E-state index in [9.17, 15) is 9.90 Å². The SMILES string of the molecule is CN1CCN(C(=O)C[C@@H]2CC[C@@H]3[C@H](COC[C@@H](O)CN3Cc3ccc(Oc4ccccc4)cc3)O2)CC1. The number of hydrogen-bond acceptors (Lipinski definition) is 7. The molecule has 2 aromatic rings. The van der Waals surface area contributed by atoms with Crippen LogP contribution < -0.4 is 4.74 Å². The molecule has 3 aliphatic rings. The van der Waals surface area contributed by atoms with E-state index < -0.39 is 6.10 Å². The largest absolute Gasteiger partial charge is 0.457 e. The number of hydrogen-bond donors (Lipinski definition) is 1. The number of aliphatic hydroxyl groups is 1. The van der Waals surface area contributed by atoms with E-state index in [1.54, 1.807) is 0 Å². The number of amides is 1. The maximum atomic E-state index is 12.9. The van der Waals surface area contributed by atoms with Crippen LogP contribution in [-0.2, 0) is 20.8 Å². The molecule has 37 heavy (non-hydrogen) atoms. The minimum Gasteiger partial charge on any atom is -0.457 e. The molecule has 3 heterocycles. The highest BCUT2D eigenvalue weighted by Crippen LogP contribution is 2.30. The minimum atomic E-state index is -0.543. The molecule has 0 radical (unpaired) electrons. The lowest BCUT2D eigenvalue weighted by molar-refractivity contribution is -0.161. The fraction of sp³-hybridized carbons (Fsp3) is 0.552. The van der Waals surface area contributed by atoms with Crippen LogP contribution in [0.2, 0.25) is 0 Å². The van der Waals surface area contributed by atoms with Crippen LogP contribution in [-0.4, -0.2) is 103 Å². The molecule has 8 nitrogen and oxygen atoms in total. The number of ether oxygens (including phenoxy) is 3. The molecule has 0 unspecified atom stereocenters. The molecule has 0 bridgehead atoms. The van der Waals surface area contributed by atoms with Crippen molar-refractivity contribution in [3.63, 3.8) is 0 Å². The molecule has 2 aromatic carbocycles. The molecule has 3 aliphatic heterocycles. The summed E-state index contributed by atoms with van der Waals surface area (Å²) in [5.41, 5.74) is 1.15. The van der Waals surface area contributed by atoms with E-state index in [0.717, 1.165) is 56.1 Å². The van der Waals surface area contributed by atoms with Crippen molar-refractivity contribution in [1.82, 2.24) is 14.7 Å². The molecule has 200 valence electrons. The van der Waals surface area contributed by atoms with Gasteiger partial charge in [0.2, 0.25) is 5.91 Å². The first-order chi connectivity index (χ1) is 18.0. The average Bonchev–Trinajstić information content (AvgIpc) is 2.90. The van der Waals surface area contributed by atoms with Gasteiger partial charge in [0.1, 0.15) is 11.5 Å². The summed E-state index contributed by atoms with van der Waals surface area (Å²) in [6.45, 7) is 5.38. The van der Waals surface area contributed by atoms with Crippen molar-refractivity contribution < 1.29 is 24.1 Å². The summed E-state index contributed by atoms with van der Waals surface area (Å²) in [7, 11) is 2.09. The highest BCUT2D eigenvalue weighted by molar-refractivity contribution is 5.76. The van der Waals surface area contributed by atoms with Gasteiger partial charge < -0.3 is 29.1 Å². The second-order valence-electron chi connectivity index (χ2n) is 10.5. The van der Waals surface area contributed by atoms with Crippen LogP contribution >= 0.6 is 0 Å². The Balaban J connectivity index is 1.20. The normalized spacial score (nSPS) is 27.7. The van der Waals surface area contributed by atoms with Gasteiger partial charge in [-0.05, 0) is 49.7 Å². The number of fused-ring (bicyclic) bond motifs is 1. The molecular formula is C29H39N3O5. The summed E-state index contributed by atoms with van der Waals surface area (Å²) >= 11 is 0. The van der Waals surface area contributed by atoms with Crippen molar-refractivity contribution in [3.8, 4) is 11.5 Å². The standard InChI is InChI=1S/C29H39N3O5/c1-30-13-15-31(16-14-30)29(34)17-26-11-12-27-28(37-26)21-35-20-23(33)19-32(27)18-22-7-9-25(10-8-22)36-24-5-3-2-4-6-24/h2-10,23,26-28,33H,11-21H2,1H3/t23-,26-,27+,28-/m0/s1. The fourth-order valence-electron chi connectivity index (χ4n) is 5.53. The summed E-state index contributed by atoms with van der Waals surface area (Å²) in [6, 6.07) is 18.0. The van der Waals surface area contributed by atoms with Crippen LogP contribution in [0.4, 0.5) is 0 Å². The van der Waals surface area contributed by atoms with Crippen molar-refractivity contribution >= 4 is 5.91 Å². The third-order valence-electron chi connectivity index (χ3n) is 7.63. The Hall–Kier alpha value is -2.49. The van der Waals surface area contributed by atoms with Crippen molar-refractivity contribution in [2.24, 2.45) is 0 Å². The molecule has 3 fully saturated rings. The molecule has 1 N–H and O–H groups in total. The first-order valence-electron chi connectivity index (χ1n) is 13.5. The molecule has 5 rings (SSSR count). The monoisotopic (exact) mass is 509 g/mol. The molecule has 3 saturated heterocycles. The number of piperazine rings is 1. The Kier molecular flexibility index (Phi) is 8.74. The quantitative estimate of drug-likeness (QED) is 0.642. The van der Waals surface area contributed by atoms with E-state index in [4.69, 9.17) is 14.2 Å². The maximum Gasteiger partial charge on any atom is 0.225 e. The number of nitrogens with zero attached hydrogens (tertiary/aromatic N) is 3. The van der Waals surface area contributed by atoms with E-state index >= 15 is 0 Å². The van der Waals surface area contributed by atoms with Crippen molar-refractivity contribution in [3.05, 3.63) is 60.2 Å². The number of carbonyl (C=O) groups excluding carboxylic acids is 1. The fourth-order valence-corrected chi connectivity index (χ4v) is 5.53. The number of rotatable bonds is 6. The lowest BCUT2D eigenvalue weighted by atomic mass is 9.94. The van der Waals surface area contributed by atoms with Gasteiger partial charge >= 0.3 is 0 Å². The van der Waals surface area contributed by atoms with Crippen molar-refractivity contribution in [2.45, 2.75) is 50.2 Å². The first-order valence-corrected chi connectivity index (χ1v) is 13.5. The smallest absolute Gasteiger partial charge is 0.225 e. The Labute approximate surface area is 219 Å². The summed E-state index contributed by atoms with van der Waals surface area (Å²) < 4.78 is 18.2. The Bertz CT molecular complexity index is 996. The number of β-amino-alcohol motifs (C(OH)–C–C–N with tert-alkyl or cyclic N) is 1. The zero-order valence-corrected chi connectivity index (χ0v) is 21.7. The molecule has 1 amide bonds. The lowest BCUT2D eigenvalue weighted by Crippen LogP contribution is -2.55. The average molecular weight is 510 g/mol. The number of likely N-dealkylation sites (N-methyl/N-ethyl adjacent to an activating group) is 1. The molecule has 0 saturated carbocycles. The Morgan fingerprint density at radius 1 is 0.973 bits per heavy atom. The van der Waals surface area contributed by atoms with Crippen LogP contribution in [0, 0.1) is 0 Å². The van der Waals surface area contributed by atoms with Gasteiger partial charge in [-0.25, -0.2) is 0 Å². The molecule has 0 spiro atoms. The summed E-state index contributed by atoms with van der Waals surface area (Å²) in [5, 5.41) is 10.5. The van der Waals surface area contributed by atoms with Gasteiger partial charge in [-0.1, -0.05) is 30.3 Å². The van der Waals surface area contributed by atoms with Gasteiger partial charge in [-0.15, -0.1) is 0 Å². The van der Waals surface area contributed by atoms with Gasteiger partial charge in [0, 0.05) is 45.3 Å². The predicted molar refractivity (Wildman–Crippen MR) is 141 cm³/mol. The number of benzene rings is 2. The highest BCUT2D eigenvalue weighted by atomic mass is 16.5. The third-order valence-corrected chi connectivity index (χ3v) is 7.63. The van der Waals surface area contributed by atoms with E-state index in [-0.39, 0.29) is 30.8 Å². The first kappa shape index (κ1) is 26.1. The van der Waals surface area contributed by atoms with Gasteiger partial charge in [0.15, 0.2) is 0 Å². The third kappa shape index (κ3) is 7.09. The van der Waals surface area contributed by atoms with Crippen LogP contribution in [0.1, 0.15) is 24.8 Å². The highest BCUT2D eigenvalue weighted by Gasteiger charge is 2.38. The van der Waals surface area contributed by atoms with E-state index in [1.807, 2.05) is 47.4 Å². The molecule has 4 atom stereocenters. The van der Waals surface area contributed by atoms with Crippen LogP contribution in [0.3, 0.4) is 0 Å². The van der Waals surface area contributed by atoms with Gasteiger partial charge in [0.05, 0.1) is 37.9 Å². The van der Waals surface area contributed by atoms with E-state index in [2.05, 4.69) is 29.0 Å². The molecule has 0 aromatic heterocycles. The van der Waals surface area contributed by atoms with Crippen LogP contribution in [0.5, 0.6) is 11.5 Å². The second-order valence-corrected chi connectivity index (χ2v) is 10.5. The molecular weight excluding hydrogens is 470 g/mol. The molecule has 8 heteroatoms. The summed E-state index contributed by atoms with van der Waals surface area (Å²) in [5.74, 6) is 1.79. The van der Waals surface area contributed by atoms with E-state index in [0.29, 0.717) is 26.1 Å². The van der Waals surface area contributed by atoms with Crippen LogP contribution in [0.15, 0.2) is 54.6 Å². The maximum absolute atomic E-state index is 12.9. The van der Waals surface area contributed by atoms with E-state index in [1.165, 1.54) is 0 Å². The summed E-state index contributed by atoms with van der Waals surface area (Å²) in [4.78, 5) is 19.4. The minimum absolute atomic E-state index is 0.0855. The molecule has 0 aliphatic carbocycles. The predicted octanol–water partition coefficient (Wildman–Crippen LogP) is 2.75. The Morgan fingerprint density at radius 3 is 2.46 bits per heavy atom. The number of para-hydroxylation sites is 1. The van der Waals surface area contributed by atoms with Crippen LogP contribution in [0.25, 0.3) is 0 Å². The van der Waals surface area contributed by atoms with Gasteiger partial charge in [-0.2, -0.15) is 0 Å². The van der Waals surface area contributed by atoms with Gasteiger partial charge in [0.25, 0.3) is 0 Å². The lowest BCUT2D eigenvalue weighted by Gasteiger charge is -2.45. The summed E-state index contributed by atoms with van der Waals surface area (Å²) in [6.07, 6.45) is 1.43. The van der Waals surface area contributed by atoms with Crippen molar-refractivity contribution in [1.29, 1.82) is 0 Å². The second kappa shape index (κ2) is 12.4. The zero-order chi connectivity index (χ0) is 25.6. The number of carbonyl (C=O) groups is 1. The Morgan fingerprint density at radius 2 is 1.70 bits per heavy atom.